The zero-order valence-corrected chi connectivity index (χ0v) is 14.9. The lowest BCUT2D eigenvalue weighted by atomic mass is 9.46. The second kappa shape index (κ2) is 5.70. The molecule has 4 rings (SSSR count). The molecule has 25 heavy (non-hydrogen) atoms. The van der Waals surface area contributed by atoms with Crippen molar-refractivity contribution in [3.8, 4) is 0 Å². The predicted molar refractivity (Wildman–Crippen MR) is 90.4 cm³/mol. The monoisotopic (exact) mass is 346 g/mol. The van der Waals surface area contributed by atoms with E-state index < -0.39 is 6.10 Å². The minimum Gasteiger partial charge on any atom is -0.461 e. The second-order valence-corrected chi connectivity index (χ2v) is 8.44. The van der Waals surface area contributed by atoms with Gasteiger partial charge in [-0.25, -0.2) is 9.59 Å². The molecule has 0 aromatic rings. The molecule has 0 aromatic carbocycles. The second-order valence-electron chi connectivity index (χ2n) is 8.44. The molecule has 2 aliphatic carbocycles. The molecule has 1 spiro atoms. The fraction of sp³-hybridized carbons (Fsp3) is 0.700. The lowest BCUT2D eigenvalue weighted by Crippen LogP contribution is -2.53. The number of cyclic esters (lactones) is 2. The van der Waals surface area contributed by atoms with E-state index in [1.807, 2.05) is 6.08 Å². The standard InChI is InChI=1S/C20H26O5/c1-12-3-7-20-11-25-18(23)15(20)9-14(21)10-16(20)19(12,2)6-4-13-5-8-24-17(13)22/h5,9,12,14,16,21H,3-4,6-8,10-11H2,1-2H3/t12-,14-,16-,19+,20-/m1/s1. The van der Waals surface area contributed by atoms with Gasteiger partial charge < -0.3 is 14.6 Å². The van der Waals surface area contributed by atoms with Crippen LogP contribution in [0.1, 0.15) is 46.0 Å². The quantitative estimate of drug-likeness (QED) is 0.795. The summed E-state index contributed by atoms with van der Waals surface area (Å²) >= 11 is 0. The highest BCUT2D eigenvalue weighted by Crippen LogP contribution is 2.64. The number of hydrogen-bond donors (Lipinski definition) is 1. The van der Waals surface area contributed by atoms with Crippen molar-refractivity contribution >= 4 is 11.9 Å². The van der Waals surface area contributed by atoms with Crippen molar-refractivity contribution in [2.24, 2.45) is 22.7 Å². The van der Waals surface area contributed by atoms with Gasteiger partial charge in [-0.05, 0) is 61.5 Å². The van der Waals surface area contributed by atoms with Crippen LogP contribution in [-0.4, -0.2) is 36.4 Å². The van der Waals surface area contributed by atoms with Crippen LogP contribution < -0.4 is 0 Å². The molecule has 2 fully saturated rings. The summed E-state index contributed by atoms with van der Waals surface area (Å²) in [6, 6.07) is 0. The summed E-state index contributed by atoms with van der Waals surface area (Å²) in [5, 5.41) is 10.4. The SMILES string of the molecule is C[C@@H]1CC[C@@]23COC(=O)C2=C[C@@H](O)C[C@@H]3[C@@]1(C)CCC1=CCOC1=O. The molecular formula is C20H26O5. The van der Waals surface area contributed by atoms with E-state index in [2.05, 4.69) is 13.8 Å². The van der Waals surface area contributed by atoms with Crippen LogP contribution in [0.5, 0.6) is 0 Å². The van der Waals surface area contributed by atoms with Crippen molar-refractivity contribution in [1.29, 1.82) is 0 Å². The van der Waals surface area contributed by atoms with Crippen molar-refractivity contribution in [2.75, 3.05) is 13.2 Å². The van der Waals surface area contributed by atoms with Gasteiger partial charge in [0.2, 0.25) is 0 Å². The smallest absolute Gasteiger partial charge is 0.334 e. The summed E-state index contributed by atoms with van der Waals surface area (Å²) in [6.45, 7) is 5.34. The number of esters is 2. The fourth-order valence-electron chi connectivity index (χ4n) is 5.65. The third kappa shape index (κ3) is 2.39. The van der Waals surface area contributed by atoms with Gasteiger partial charge >= 0.3 is 11.9 Å². The Bertz CT molecular complexity index is 678. The van der Waals surface area contributed by atoms with E-state index in [9.17, 15) is 14.7 Å². The molecule has 0 radical (unpaired) electrons. The highest BCUT2D eigenvalue weighted by atomic mass is 16.5. The summed E-state index contributed by atoms with van der Waals surface area (Å²) in [5.74, 6) is 0.180. The zero-order chi connectivity index (χ0) is 17.8. The molecular weight excluding hydrogens is 320 g/mol. The van der Waals surface area contributed by atoms with Gasteiger partial charge in [-0.2, -0.15) is 0 Å². The predicted octanol–water partition coefficient (Wildman–Crippen LogP) is 2.54. The van der Waals surface area contributed by atoms with E-state index in [4.69, 9.17) is 9.47 Å². The first-order valence-electron chi connectivity index (χ1n) is 9.30. The summed E-state index contributed by atoms with van der Waals surface area (Å²) in [4.78, 5) is 24.0. The van der Waals surface area contributed by atoms with Crippen LogP contribution in [-0.2, 0) is 19.1 Å². The summed E-state index contributed by atoms with van der Waals surface area (Å²) in [5.41, 5.74) is 1.13. The molecule has 0 amide bonds. The third-order valence-electron chi connectivity index (χ3n) is 7.41. The van der Waals surface area contributed by atoms with Gasteiger partial charge in [0, 0.05) is 16.6 Å². The molecule has 0 aromatic heterocycles. The van der Waals surface area contributed by atoms with Crippen molar-refractivity contribution in [1.82, 2.24) is 0 Å². The molecule has 136 valence electrons. The average Bonchev–Trinajstić information content (AvgIpc) is 3.13. The van der Waals surface area contributed by atoms with Gasteiger partial charge in [0.15, 0.2) is 0 Å². The summed E-state index contributed by atoms with van der Waals surface area (Å²) < 4.78 is 10.5. The first-order valence-corrected chi connectivity index (χ1v) is 9.30. The van der Waals surface area contributed by atoms with Gasteiger partial charge in [0.1, 0.15) is 13.2 Å². The maximum Gasteiger partial charge on any atom is 0.334 e. The molecule has 2 aliphatic heterocycles. The molecule has 1 N–H and O–H groups in total. The number of rotatable bonds is 3. The first-order chi connectivity index (χ1) is 11.9. The molecule has 2 heterocycles. The maximum absolute atomic E-state index is 12.2. The summed E-state index contributed by atoms with van der Waals surface area (Å²) in [6.07, 6.45) is 7.16. The number of aliphatic hydroxyl groups excluding tert-OH is 1. The maximum atomic E-state index is 12.2. The van der Waals surface area contributed by atoms with E-state index in [-0.39, 0.29) is 28.7 Å². The Morgan fingerprint density at radius 1 is 1.28 bits per heavy atom. The number of hydrogen-bond acceptors (Lipinski definition) is 5. The molecule has 5 nitrogen and oxygen atoms in total. The Balaban J connectivity index is 1.66. The number of carbonyl (C=O) groups excluding carboxylic acids is 2. The van der Waals surface area contributed by atoms with Gasteiger partial charge in [-0.3, -0.25) is 0 Å². The van der Waals surface area contributed by atoms with Gasteiger partial charge in [0.05, 0.1) is 6.10 Å². The highest BCUT2D eigenvalue weighted by Gasteiger charge is 2.61. The molecule has 1 saturated heterocycles. The van der Waals surface area contributed by atoms with Crippen molar-refractivity contribution in [2.45, 2.75) is 52.1 Å². The van der Waals surface area contributed by atoms with Crippen LogP contribution in [0, 0.1) is 22.7 Å². The Morgan fingerprint density at radius 2 is 2.08 bits per heavy atom. The molecule has 0 bridgehead atoms. The fourth-order valence-corrected chi connectivity index (χ4v) is 5.65. The zero-order valence-electron chi connectivity index (χ0n) is 14.9. The van der Waals surface area contributed by atoms with Gasteiger partial charge in [-0.15, -0.1) is 0 Å². The average molecular weight is 346 g/mol. The number of aliphatic hydroxyl groups is 1. The summed E-state index contributed by atoms with van der Waals surface area (Å²) in [7, 11) is 0. The van der Waals surface area contributed by atoms with Gasteiger partial charge in [-0.1, -0.05) is 13.8 Å². The van der Waals surface area contributed by atoms with E-state index >= 15 is 0 Å². The van der Waals surface area contributed by atoms with Gasteiger partial charge in [0.25, 0.3) is 0 Å². The van der Waals surface area contributed by atoms with Crippen molar-refractivity contribution < 1.29 is 24.2 Å². The lowest BCUT2D eigenvalue weighted by Gasteiger charge is -2.57. The van der Waals surface area contributed by atoms with Crippen LogP contribution >= 0.6 is 0 Å². The van der Waals surface area contributed by atoms with Crippen molar-refractivity contribution in [3.05, 3.63) is 23.3 Å². The third-order valence-corrected chi connectivity index (χ3v) is 7.41. The largest absolute Gasteiger partial charge is 0.461 e. The van der Waals surface area contributed by atoms with Crippen molar-refractivity contribution in [3.63, 3.8) is 0 Å². The van der Waals surface area contributed by atoms with Crippen LogP contribution in [0.25, 0.3) is 0 Å². The molecule has 4 aliphatic rings. The van der Waals surface area contributed by atoms with Crippen LogP contribution in [0.4, 0.5) is 0 Å². The van der Waals surface area contributed by atoms with E-state index in [1.54, 1.807) is 6.08 Å². The Labute approximate surface area is 148 Å². The highest BCUT2D eigenvalue weighted by molar-refractivity contribution is 5.93. The normalized spacial score (nSPS) is 42.9. The van der Waals surface area contributed by atoms with Crippen LogP contribution in [0.3, 0.4) is 0 Å². The molecule has 1 saturated carbocycles. The van der Waals surface area contributed by atoms with E-state index in [0.717, 1.165) is 24.8 Å². The Morgan fingerprint density at radius 3 is 2.80 bits per heavy atom. The number of ether oxygens (including phenoxy) is 2. The Kier molecular flexibility index (Phi) is 3.83. The van der Waals surface area contributed by atoms with E-state index in [0.29, 0.717) is 37.5 Å². The Hall–Kier alpha value is -1.62. The lowest BCUT2D eigenvalue weighted by molar-refractivity contribution is -0.137. The molecule has 0 unspecified atom stereocenters. The van der Waals surface area contributed by atoms with E-state index in [1.165, 1.54) is 0 Å². The van der Waals surface area contributed by atoms with Crippen LogP contribution in [0.15, 0.2) is 23.3 Å². The first kappa shape index (κ1) is 16.8. The molecule has 5 heteroatoms. The topological polar surface area (TPSA) is 72.8 Å². The van der Waals surface area contributed by atoms with Crippen LogP contribution in [0.2, 0.25) is 0 Å². The minimum atomic E-state index is -0.598. The minimum absolute atomic E-state index is 0.0591. The number of carbonyl (C=O) groups is 2. The molecule has 5 atom stereocenters.